The summed E-state index contributed by atoms with van der Waals surface area (Å²) in [6.45, 7) is 4.35. The molecule has 0 aliphatic carbocycles. The van der Waals surface area contributed by atoms with E-state index in [1.807, 2.05) is 30.1 Å². The SMILES string of the molecule is CSCCNC(=NCc1ncc(C)s1)NCCc1ccco1.I. The molecule has 0 aliphatic rings. The molecule has 2 aromatic heterocycles. The first-order chi connectivity index (χ1) is 10.8. The Balaban J connectivity index is 0.00000264. The molecule has 2 heterocycles. The van der Waals surface area contributed by atoms with Crippen LogP contribution < -0.4 is 10.6 Å². The monoisotopic (exact) mass is 466 g/mol. The number of nitrogens with zero attached hydrogens (tertiary/aromatic N) is 2. The van der Waals surface area contributed by atoms with E-state index in [0.717, 1.165) is 42.0 Å². The van der Waals surface area contributed by atoms with Gasteiger partial charge < -0.3 is 15.1 Å². The van der Waals surface area contributed by atoms with Crippen LogP contribution in [0.25, 0.3) is 0 Å². The Labute approximate surface area is 162 Å². The molecule has 0 aromatic carbocycles. The summed E-state index contributed by atoms with van der Waals surface area (Å²) in [5.74, 6) is 2.86. The number of halogens is 1. The van der Waals surface area contributed by atoms with Crippen LogP contribution in [-0.2, 0) is 13.0 Å². The molecule has 0 bridgehead atoms. The fourth-order valence-corrected chi connectivity index (χ4v) is 2.84. The summed E-state index contributed by atoms with van der Waals surface area (Å²) in [5, 5.41) is 7.72. The summed E-state index contributed by atoms with van der Waals surface area (Å²) in [6, 6.07) is 3.89. The largest absolute Gasteiger partial charge is 0.469 e. The lowest BCUT2D eigenvalue weighted by molar-refractivity contribution is 0.507. The predicted molar refractivity (Wildman–Crippen MR) is 110 cm³/mol. The fourth-order valence-electron chi connectivity index (χ4n) is 1.83. The second-order valence-electron chi connectivity index (χ2n) is 4.71. The van der Waals surface area contributed by atoms with E-state index < -0.39 is 0 Å². The minimum absolute atomic E-state index is 0. The van der Waals surface area contributed by atoms with Crippen LogP contribution >= 0.6 is 47.1 Å². The number of guanidine groups is 1. The third-order valence-corrected chi connectivity index (χ3v) is 4.39. The molecule has 0 atom stereocenters. The van der Waals surface area contributed by atoms with Crippen molar-refractivity contribution in [1.82, 2.24) is 15.6 Å². The van der Waals surface area contributed by atoms with Crippen LogP contribution in [0.2, 0.25) is 0 Å². The maximum absolute atomic E-state index is 5.33. The predicted octanol–water partition coefficient (Wildman–Crippen LogP) is 3.30. The molecule has 8 heteroatoms. The minimum atomic E-state index is 0. The van der Waals surface area contributed by atoms with E-state index in [9.17, 15) is 0 Å². The second-order valence-corrected chi connectivity index (χ2v) is 7.01. The summed E-state index contributed by atoms with van der Waals surface area (Å²) in [6.07, 6.45) is 6.53. The van der Waals surface area contributed by atoms with Gasteiger partial charge in [0.25, 0.3) is 0 Å². The van der Waals surface area contributed by atoms with Gasteiger partial charge in [-0.15, -0.1) is 35.3 Å². The highest BCUT2D eigenvalue weighted by Gasteiger charge is 2.02. The zero-order chi connectivity index (χ0) is 15.6. The van der Waals surface area contributed by atoms with Gasteiger partial charge >= 0.3 is 0 Å². The average molecular weight is 466 g/mol. The van der Waals surface area contributed by atoms with Crippen LogP contribution in [-0.4, -0.2) is 36.0 Å². The molecule has 2 rings (SSSR count). The molecule has 128 valence electrons. The van der Waals surface area contributed by atoms with Gasteiger partial charge in [-0.25, -0.2) is 9.98 Å². The van der Waals surface area contributed by atoms with Gasteiger partial charge in [0.05, 0.1) is 12.8 Å². The first-order valence-corrected chi connectivity index (χ1v) is 9.44. The van der Waals surface area contributed by atoms with Gasteiger partial charge in [0, 0.05) is 36.3 Å². The second kappa shape index (κ2) is 11.7. The Hall–Kier alpha value is -0.740. The highest BCUT2D eigenvalue weighted by Crippen LogP contribution is 2.11. The Morgan fingerprint density at radius 1 is 1.39 bits per heavy atom. The van der Waals surface area contributed by atoms with E-state index in [1.165, 1.54) is 4.88 Å². The Morgan fingerprint density at radius 2 is 2.22 bits per heavy atom. The lowest BCUT2D eigenvalue weighted by Gasteiger charge is -2.11. The van der Waals surface area contributed by atoms with Gasteiger partial charge in [-0.2, -0.15) is 11.8 Å². The molecule has 0 fully saturated rings. The van der Waals surface area contributed by atoms with Crippen molar-refractivity contribution >= 4 is 53.0 Å². The molecular weight excluding hydrogens is 443 g/mol. The molecule has 0 saturated heterocycles. The maximum atomic E-state index is 5.33. The van der Waals surface area contributed by atoms with Crippen LogP contribution in [0.5, 0.6) is 0 Å². The number of aliphatic imine (C=N–C) groups is 1. The topological polar surface area (TPSA) is 62.5 Å². The van der Waals surface area contributed by atoms with Crippen LogP contribution in [0.4, 0.5) is 0 Å². The average Bonchev–Trinajstić information content (AvgIpc) is 3.16. The van der Waals surface area contributed by atoms with Crippen LogP contribution in [0.15, 0.2) is 34.0 Å². The molecule has 2 aromatic rings. The van der Waals surface area contributed by atoms with Gasteiger partial charge in [0.15, 0.2) is 5.96 Å². The third kappa shape index (κ3) is 8.07. The Kier molecular flexibility index (Phi) is 10.4. The van der Waals surface area contributed by atoms with Crippen molar-refractivity contribution in [3.63, 3.8) is 0 Å². The molecule has 23 heavy (non-hydrogen) atoms. The standard InChI is InChI=1S/C15H22N4OS2.HI/c1-12-10-18-14(22-12)11-19-15(17-7-9-21-2)16-6-5-13-4-3-8-20-13;/h3-4,8,10H,5-7,9,11H2,1-2H3,(H2,16,17,19);1H. The molecule has 0 amide bonds. The molecule has 0 spiro atoms. The highest BCUT2D eigenvalue weighted by molar-refractivity contribution is 14.0. The highest BCUT2D eigenvalue weighted by atomic mass is 127. The number of furan rings is 1. The van der Waals surface area contributed by atoms with E-state index in [1.54, 1.807) is 17.6 Å². The number of thioether (sulfide) groups is 1. The first-order valence-electron chi connectivity index (χ1n) is 7.22. The zero-order valence-corrected chi connectivity index (χ0v) is 17.3. The summed E-state index contributed by atoms with van der Waals surface area (Å²) in [4.78, 5) is 10.2. The fraction of sp³-hybridized carbons (Fsp3) is 0.467. The lowest BCUT2D eigenvalue weighted by Crippen LogP contribution is -2.39. The van der Waals surface area contributed by atoms with Crippen LogP contribution in [0, 0.1) is 6.92 Å². The Morgan fingerprint density at radius 3 is 2.87 bits per heavy atom. The molecule has 0 aliphatic heterocycles. The van der Waals surface area contributed by atoms with E-state index in [4.69, 9.17) is 4.42 Å². The third-order valence-electron chi connectivity index (χ3n) is 2.88. The van der Waals surface area contributed by atoms with Gasteiger partial charge in [0.2, 0.25) is 0 Å². The molecule has 5 nitrogen and oxygen atoms in total. The van der Waals surface area contributed by atoms with Crippen LogP contribution in [0.3, 0.4) is 0 Å². The van der Waals surface area contributed by atoms with Gasteiger partial charge in [-0.3, -0.25) is 0 Å². The number of rotatable bonds is 8. The smallest absolute Gasteiger partial charge is 0.191 e. The zero-order valence-electron chi connectivity index (χ0n) is 13.4. The molecule has 0 radical (unpaired) electrons. The van der Waals surface area contributed by atoms with Crippen molar-refractivity contribution in [3.8, 4) is 0 Å². The minimum Gasteiger partial charge on any atom is -0.469 e. The first kappa shape index (κ1) is 20.3. The lowest BCUT2D eigenvalue weighted by atomic mass is 10.3. The molecular formula is C15H23IN4OS2. The van der Waals surface area contributed by atoms with E-state index >= 15 is 0 Å². The van der Waals surface area contributed by atoms with Crippen molar-refractivity contribution in [2.75, 3.05) is 25.1 Å². The van der Waals surface area contributed by atoms with Crippen molar-refractivity contribution < 1.29 is 4.42 Å². The summed E-state index contributed by atoms with van der Waals surface area (Å²) in [5.41, 5.74) is 0. The number of hydrogen-bond donors (Lipinski definition) is 2. The number of aryl methyl sites for hydroxylation is 1. The number of thiazole rings is 1. The molecule has 0 saturated carbocycles. The maximum Gasteiger partial charge on any atom is 0.191 e. The van der Waals surface area contributed by atoms with Gasteiger partial charge in [-0.05, 0) is 25.3 Å². The molecule has 0 unspecified atom stereocenters. The van der Waals surface area contributed by atoms with Crippen LogP contribution in [0.1, 0.15) is 15.6 Å². The van der Waals surface area contributed by atoms with E-state index in [2.05, 4.69) is 33.8 Å². The Bertz CT molecular complexity index is 572. The number of aromatic nitrogens is 1. The van der Waals surface area contributed by atoms with E-state index in [-0.39, 0.29) is 24.0 Å². The number of nitrogens with one attached hydrogen (secondary N) is 2. The number of hydrogen-bond acceptors (Lipinski definition) is 5. The van der Waals surface area contributed by atoms with Crippen molar-refractivity contribution in [2.45, 2.75) is 19.9 Å². The quantitative estimate of drug-likeness (QED) is 0.271. The normalized spacial score (nSPS) is 11.1. The van der Waals surface area contributed by atoms with Gasteiger partial charge in [-0.1, -0.05) is 0 Å². The van der Waals surface area contributed by atoms with Crippen molar-refractivity contribution in [1.29, 1.82) is 0 Å². The summed E-state index contributed by atoms with van der Waals surface area (Å²) >= 11 is 3.50. The summed E-state index contributed by atoms with van der Waals surface area (Å²) in [7, 11) is 0. The summed E-state index contributed by atoms with van der Waals surface area (Å²) < 4.78 is 5.33. The van der Waals surface area contributed by atoms with Crippen molar-refractivity contribution in [2.24, 2.45) is 4.99 Å². The van der Waals surface area contributed by atoms with E-state index in [0.29, 0.717) is 6.54 Å². The van der Waals surface area contributed by atoms with Crippen molar-refractivity contribution in [3.05, 3.63) is 40.2 Å². The van der Waals surface area contributed by atoms with Gasteiger partial charge in [0.1, 0.15) is 10.8 Å². The molecule has 2 N–H and O–H groups in total.